The van der Waals surface area contributed by atoms with Crippen molar-refractivity contribution in [2.75, 3.05) is 11.5 Å². The Morgan fingerprint density at radius 2 is 2.23 bits per heavy atom. The summed E-state index contributed by atoms with van der Waals surface area (Å²) in [6.45, 7) is -0.0533. The fraction of sp³-hybridized carbons (Fsp3) is 0.200. The predicted octanol–water partition coefficient (Wildman–Crippen LogP) is 1.04. The number of aliphatic hydroxyl groups is 1. The van der Waals surface area contributed by atoms with Crippen LogP contribution in [0, 0.1) is 11.8 Å². The van der Waals surface area contributed by atoms with Crippen LogP contribution in [0.25, 0.3) is 0 Å². The van der Waals surface area contributed by atoms with Crippen LogP contribution in [0.15, 0.2) is 18.2 Å². The van der Waals surface area contributed by atoms with Crippen molar-refractivity contribution in [3.05, 3.63) is 29.3 Å². The van der Waals surface area contributed by atoms with Gasteiger partial charge in [-0.1, -0.05) is 11.8 Å². The lowest BCUT2D eigenvalue weighted by atomic mass is 10.1. The van der Waals surface area contributed by atoms with Crippen LogP contribution in [0.1, 0.15) is 11.1 Å². The summed E-state index contributed by atoms with van der Waals surface area (Å²) >= 11 is 3.97. The van der Waals surface area contributed by atoms with E-state index in [1.54, 1.807) is 12.1 Å². The van der Waals surface area contributed by atoms with Gasteiger partial charge in [0.15, 0.2) is 0 Å². The summed E-state index contributed by atoms with van der Waals surface area (Å²) in [6, 6.07) is 5.35. The Labute approximate surface area is 83.2 Å². The molecule has 1 aromatic carbocycles. The molecular weight excluding hydrogens is 182 g/mol. The highest BCUT2D eigenvalue weighted by Crippen LogP contribution is 2.13. The highest BCUT2D eigenvalue weighted by atomic mass is 32.1. The quantitative estimate of drug-likeness (QED) is 0.354. The number of aliphatic hydroxyl groups excluding tert-OH is 1. The molecule has 0 unspecified atom stereocenters. The average molecular weight is 193 g/mol. The van der Waals surface area contributed by atoms with E-state index in [0.29, 0.717) is 17.0 Å². The van der Waals surface area contributed by atoms with Crippen molar-refractivity contribution >= 4 is 18.3 Å². The molecule has 2 nitrogen and oxygen atoms in total. The lowest BCUT2D eigenvalue weighted by molar-refractivity contribution is 0.282. The number of thiol groups is 1. The Hall–Kier alpha value is -1.11. The average Bonchev–Trinajstić information content (AvgIpc) is 2.16. The smallest absolute Gasteiger partial charge is 0.0702 e. The normalized spacial score (nSPS) is 9.08. The molecule has 0 bridgehead atoms. The van der Waals surface area contributed by atoms with E-state index in [1.807, 2.05) is 6.07 Å². The SMILES string of the molecule is Nc1ccc(C#CCS)cc1CO. The molecule has 0 saturated carbocycles. The van der Waals surface area contributed by atoms with Gasteiger partial charge in [0.25, 0.3) is 0 Å². The van der Waals surface area contributed by atoms with Gasteiger partial charge >= 0.3 is 0 Å². The zero-order chi connectivity index (χ0) is 9.68. The van der Waals surface area contributed by atoms with Crippen LogP contribution >= 0.6 is 12.6 Å². The van der Waals surface area contributed by atoms with Crippen LogP contribution < -0.4 is 5.73 Å². The van der Waals surface area contributed by atoms with Crippen molar-refractivity contribution in [3.8, 4) is 11.8 Å². The van der Waals surface area contributed by atoms with Gasteiger partial charge in [-0.15, -0.1) is 0 Å². The summed E-state index contributed by atoms with van der Waals surface area (Å²) < 4.78 is 0. The molecule has 0 atom stereocenters. The van der Waals surface area contributed by atoms with E-state index in [9.17, 15) is 0 Å². The number of hydrogen-bond donors (Lipinski definition) is 3. The lowest BCUT2D eigenvalue weighted by Crippen LogP contribution is -1.94. The number of hydrogen-bond acceptors (Lipinski definition) is 3. The summed E-state index contributed by atoms with van der Waals surface area (Å²) in [5, 5.41) is 8.93. The fourth-order valence-corrected chi connectivity index (χ4v) is 1.04. The van der Waals surface area contributed by atoms with Gasteiger partial charge in [0.05, 0.1) is 12.4 Å². The standard InChI is InChI=1S/C10H11NOS/c11-10-4-3-8(2-1-5-13)6-9(10)7-12/h3-4,6,12-13H,5,7,11H2. The van der Waals surface area contributed by atoms with Crippen LogP contribution in [0.4, 0.5) is 5.69 Å². The summed E-state index contributed by atoms with van der Waals surface area (Å²) in [5.41, 5.74) is 7.77. The van der Waals surface area contributed by atoms with E-state index >= 15 is 0 Å². The second-order valence-corrected chi connectivity index (χ2v) is 2.85. The minimum Gasteiger partial charge on any atom is -0.398 e. The molecule has 0 spiro atoms. The Morgan fingerprint density at radius 1 is 1.46 bits per heavy atom. The first-order chi connectivity index (χ1) is 6.27. The molecule has 13 heavy (non-hydrogen) atoms. The molecule has 0 fully saturated rings. The van der Waals surface area contributed by atoms with Gasteiger partial charge in [-0.2, -0.15) is 12.6 Å². The molecule has 0 aromatic heterocycles. The minimum atomic E-state index is -0.0533. The van der Waals surface area contributed by atoms with E-state index in [0.717, 1.165) is 5.56 Å². The zero-order valence-electron chi connectivity index (χ0n) is 7.12. The van der Waals surface area contributed by atoms with Crippen LogP contribution in [-0.4, -0.2) is 10.9 Å². The molecule has 0 saturated heterocycles. The molecule has 0 heterocycles. The molecule has 0 aliphatic rings. The summed E-state index contributed by atoms with van der Waals surface area (Å²) in [7, 11) is 0. The first-order valence-corrected chi connectivity index (χ1v) is 4.50. The highest BCUT2D eigenvalue weighted by molar-refractivity contribution is 7.80. The first kappa shape index (κ1) is 9.97. The summed E-state index contributed by atoms with van der Waals surface area (Å²) in [5.74, 6) is 6.26. The maximum atomic E-state index is 8.93. The number of nitrogens with two attached hydrogens (primary N) is 1. The van der Waals surface area contributed by atoms with Crippen LogP contribution in [0.2, 0.25) is 0 Å². The summed E-state index contributed by atoms with van der Waals surface area (Å²) in [4.78, 5) is 0. The molecular formula is C10H11NOS. The van der Waals surface area contributed by atoms with Crippen molar-refractivity contribution < 1.29 is 5.11 Å². The molecule has 3 heteroatoms. The van der Waals surface area contributed by atoms with Crippen LogP contribution in [0.3, 0.4) is 0 Å². The van der Waals surface area contributed by atoms with Gasteiger partial charge in [0.2, 0.25) is 0 Å². The number of nitrogen functional groups attached to an aromatic ring is 1. The second kappa shape index (κ2) is 4.80. The van der Waals surface area contributed by atoms with Gasteiger partial charge in [0, 0.05) is 16.8 Å². The molecule has 0 amide bonds. The van der Waals surface area contributed by atoms with Crippen molar-refractivity contribution in [2.45, 2.75) is 6.61 Å². The zero-order valence-corrected chi connectivity index (χ0v) is 8.01. The van der Waals surface area contributed by atoms with Gasteiger partial charge in [0.1, 0.15) is 0 Å². The Morgan fingerprint density at radius 3 is 2.85 bits per heavy atom. The fourth-order valence-electron chi connectivity index (χ4n) is 0.962. The van der Waals surface area contributed by atoms with Crippen molar-refractivity contribution in [1.82, 2.24) is 0 Å². The monoisotopic (exact) mass is 193 g/mol. The number of rotatable bonds is 1. The topological polar surface area (TPSA) is 46.2 Å². The van der Waals surface area contributed by atoms with Gasteiger partial charge in [-0.25, -0.2) is 0 Å². The number of benzene rings is 1. The maximum Gasteiger partial charge on any atom is 0.0702 e. The van der Waals surface area contributed by atoms with E-state index in [-0.39, 0.29) is 6.61 Å². The van der Waals surface area contributed by atoms with Gasteiger partial charge in [-0.05, 0) is 18.2 Å². The molecule has 68 valence electrons. The van der Waals surface area contributed by atoms with Crippen LogP contribution in [0.5, 0.6) is 0 Å². The van der Waals surface area contributed by atoms with Gasteiger partial charge < -0.3 is 10.8 Å². The number of anilines is 1. The van der Waals surface area contributed by atoms with Crippen molar-refractivity contribution in [2.24, 2.45) is 0 Å². The molecule has 1 aromatic rings. The Balaban J connectivity index is 2.99. The van der Waals surface area contributed by atoms with E-state index in [2.05, 4.69) is 24.5 Å². The predicted molar refractivity (Wildman–Crippen MR) is 57.5 cm³/mol. The highest BCUT2D eigenvalue weighted by Gasteiger charge is 1.97. The van der Waals surface area contributed by atoms with Crippen molar-refractivity contribution in [3.63, 3.8) is 0 Å². The summed E-state index contributed by atoms with van der Waals surface area (Å²) in [6.07, 6.45) is 0. The maximum absolute atomic E-state index is 8.93. The molecule has 1 rings (SSSR count). The Kier molecular flexibility index (Phi) is 3.69. The largest absolute Gasteiger partial charge is 0.398 e. The Bertz CT molecular complexity index is 352. The van der Waals surface area contributed by atoms with E-state index < -0.39 is 0 Å². The molecule has 0 aliphatic carbocycles. The first-order valence-electron chi connectivity index (χ1n) is 3.87. The molecule has 3 N–H and O–H groups in total. The third-order valence-electron chi connectivity index (χ3n) is 1.63. The van der Waals surface area contributed by atoms with E-state index in [1.165, 1.54) is 0 Å². The molecule has 0 radical (unpaired) electrons. The lowest BCUT2D eigenvalue weighted by Gasteiger charge is -2.01. The van der Waals surface area contributed by atoms with Gasteiger partial charge in [-0.3, -0.25) is 0 Å². The van der Waals surface area contributed by atoms with Crippen LogP contribution in [-0.2, 0) is 6.61 Å². The van der Waals surface area contributed by atoms with Crippen molar-refractivity contribution in [1.29, 1.82) is 0 Å². The third-order valence-corrected chi connectivity index (χ3v) is 1.78. The second-order valence-electron chi connectivity index (χ2n) is 2.53. The molecule has 0 aliphatic heterocycles. The minimum absolute atomic E-state index is 0.0533. The van der Waals surface area contributed by atoms with E-state index in [4.69, 9.17) is 10.8 Å². The third kappa shape index (κ3) is 2.69.